The van der Waals surface area contributed by atoms with Crippen LogP contribution in [0.15, 0.2) is 48.5 Å². The number of aliphatic hydroxyl groups is 2. The van der Waals surface area contributed by atoms with Gasteiger partial charge in [0.25, 0.3) is 5.91 Å². The molecule has 3 N–H and O–H groups in total. The monoisotopic (exact) mass is 318 g/mol. The van der Waals surface area contributed by atoms with Crippen LogP contribution in [0.1, 0.15) is 11.1 Å². The minimum absolute atomic E-state index is 0.401. The van der Waals surface area contributed by atoms with Crippen molar-refractivity contribution in [2.45, 2.75) is 12.0 Å². The van der Waals surface area contributed by atoms with Gasteiger partial charge in [-0.3, -0.25) is 4.79 Å². The first-order valence-electron chi connectivity index (χ1n) is 6.75. The fourth-order valence-corrected chi connectivity index (χ4v) is 2.82. The Balaban J connectivity index is 2.28. The number of nitrogens with zero attached hydrogens (tertiary/aromatic N) is 1. The van der Waals surface area contributed by atoms with Crippen molar-refractivity contribution in [2.24, 2.45) is 0 Å². The van der Waals surface area contributed by atoms with Crippen molar-refractivity contribution in [1.29, 1.82) is 0 Å². The molecule has 5 nitrogen and oxygen atoms in total. The summed E-state index contributed by atoms with van der Waals surface area (Å²) in [7, 11) is 1.54. The van der Waals surface area contributed by atoms with Crippen molar-refractivity contribution in [2.75, 3.05) is 11.9 Å². The lowest BCUT2D eigenvalue weighted by atomic mass is 9.93. The SMILES string of the molecule is CN1C(=O)C(O)NC(O)(c2ccccc2)c2cc(Cl)ccc21. The van der Waals surface area contributed by atoms with Crippen LogP contribution in [0.25, 0.3) is 0 Å². The van der Waals surface area contributed by atoms with Crippen molar-refractivity contribution < 1.29 is 15.0 Å². The molecule has 114 valence electrons. The Kier molecular flexibility index (Phi) is 3.66. The number of halogens is 1. The minimum Gasteiger partial charge on any atom is -0.370 e. The second kappa shape index (κ2) is 5.37. The van der Waals surface area contributed by atoms with Crippen LogP contribution in [0.2, 0.25) is 5.02 Å². The molecule has 1 aliphatic heterocycles. The second-order valence-electron chi connectivity index (χ2n) is 5.18. The molecule has 0 saturated carbocycles. The molecule has 22 heavy (non-hydrogen) atoms. The first-order chi connectivity index (χ1) is 10.4. The summed E-state index contributed by atoms with van der Waals surface area (Å²) < 4.78 is 0. The zero-order valence-corrected chi connectivity index (χ0v) is 12.6. The number of anilines is 1. The first kappa shape index (κ1) is 15.0. The molecule has 0 aromatic heterocycles. The van der Waals surface area contributed by atoms with Crippen molar-refractivity contribution >= 4 is 23.2 Å². The summed E-state index contributed by atoms with van der Waals surface area (Å²) in [4.78, 5) is 13.5. The van der Waals surface area contributed by atoms with Gasteiger partial charge in [-0.1, -0.05) is 41.9 Å². The lowest BCUT2D eigenvalue weighted by Crippen LogP contribution is -2.51. The molecule has 0 spiro atoms. The Bertz CT molecular complexity index is 723. The quantitative estimate of drug-likeness (QED) is 0.743. The van der Waals surface area contributed by atoms with Gasteiger partial charge in [-0.15, -0.1) is 0 Å². The number of carbonyl (C=O) groups excluding carboxylic acids is 1. The smallest absolute Gasteiger partial charge is 0.270 e. The Labute approximate surface area is 132 Å². The summed E-state index contributed by atoms with van der Waals surface area (Å²) in [5.41, 5.74) is -0.356. The molecule has 6 heteroatoms. The molecule has 2 atom stereocenters. The highest BCUT2D eigenvalue weighted by Crippen LogP contribution is 2.38. The van der Waals surface area contributed by atoms with E-state index in [0.717, 1.165) is 0 Å². The summed E-state index contributed by atoms with van der Waals surface area (Å²) >= 11 is 6.06. The number of nitrogens with one attached hydrogen (secondary N) is 1. The van der Waals surface area contributed by atoms with E-state index < -0.39 is 17.9 Å². The third kappa shape index (κ3) is 2.28. The second-order valence-corrected chi connectivity index (χ2v) is 5.62. The highest BCUT2D eigenvalue weighted by molar-refractivity contribution is 6.30. The maximum absolute atomic E-state index is 12.2. The number of benzene rings is 2. The Hall–Kier alpha value is -1.92. The number of hydrogen-bond donors (Lipinski definition) is 3. The molecule has 2 aromatic carbocycles. The van der Waals surface area contributed by atoms with E-state index in [9.17, 15) is 15.0 Å². The molecular weight excluding hydrogens is 304 g/mol. The van der Waals surface area contributed by atoms with Gasteiger partial charge < -0.3 is 15.1 Å². The molecule has 1 aliphatic rings. The highest BCUT2D eigenvalue weighted by atomic mass is 35.5. The number of aliphatic hydroxyl groups excluding tert-OH is 1. The Morgan fingerprint density at radius 2 is 1.91 bits per heavy atom. The standard InChI is InChI=1S/C16H15ClN2O3/c1-19-13-8-7-11(17)9-12(13)16(22,18-14(20)15(19)21)10-5-3-2-4-6-10/h2-9,14,18,20,22H,1H3. The number of carbonyl (C=O) groups is 1. The molecule has 2 aromatic rings. The van der Waals surface area contributed by atoms with E-state index in [-0.39, 0.29) is 0 Å². The molecule has 0 fully saturated rings. The van der Waals surface area contributed by atoms with Gasteiger partial charge in [-0.2, -0.15) is 0 Å². The molecule has 0 saturated heterocycles. The maximum atomic E-state index is 12.2. The van der Waals surface area contributed by atoms with Gasteiger partial charge in [0.15, 0.2) is 12.0 Å². The van der Waals surface area contributed by atoms with Gasteiger partial charge >= 0.3 is 0 Å². The van der Waals surface area contributed by atoms with E-state index >= 15 is 0 Å². The highest BCUT2D eigenvalue weighted by Gasteiger charge is 2.42. The van der Waals surface area contributed by atoms with E-state index in [2.05, 4.69) is 5.32 Å². The van der Waals surface area contributed by atoms with Gasteiger partial charge in [-0.25, -0.2) is 5.32 Å². The topological polar surface area (TPSA) is 72.8 Å². The zero-order valence-electron chi connectivity index (χ0n) is 11.8. The lowest BCUT2D eigenvalue weighted by molar-refractivity contribution is -0.131. The lowest BCUT2D eigenvalue weighted by Gasteiger charge is -2.31. The predicted octanol–water partition coefficient (Wildman–Crippen LogP) is 1.42. The Morgan fingerprint density at radius 1 is 1.23 bits per heavy atom. The number of rotatable bonds is 1. The minimum atomic E-state index is -1.73. The summed E-state index contributed by atoms with van der Waals surface area (Å²) in [5.74, 6) is -0.560. The molecule has 3 rings (SSSR count). The third-order valence-electron chi connectivity index (χ3n) is 3.81. The van der Waals surface area contributed by atoms with Crippen LogP contribution in [0, 0.1) is 0 Å². The van der Waals surface area contributed by atoms with E-state index in [1.165, 1.54) is 11.9 Å². The van der Waals surface area contributed by atoms with Crippen molar-refractivity contribution in [3.8, 4) is 0 Å². The van der Waals surface area contributed by atoms with Crippen LogP contribution in [0.3, 0.4) is 0 Å². The zero-order chi connectivity index (χ0) is 15.9. The molecule has 2 unspecified atom stereocenters. The number of hydrogen-bond acceptors (Lipinski definition) is 4. The average Bonchev–Trinajstić information content (AvgIpc) is 2.59. The Morgan fingerprint density at radius 3 is 2.59 bits per heavy atom. The van der Waals surface area contributed by atoms with Crippen LogP contribution < -0.4 is 10.2 Å². The normalized spacial score (nSPS) is 24.8. The van der Waals surface area contributed by atoms with E-state index in [1.54, 1.807) is 42.5 Å². The summed E-state index contributed by atoms with van der Waals surface area (Å²) in [6.07, 6.45) is -1.54. The van der Waals surface area contributed by atoms with E-state index in [1.807, 2.05) is 6.07 Å². The van der Waals surface area contributed by atoms with Crippen LogP contribution in [0.5, 0.6) is 0 Å². The van der Waals surface area contributed by atoms with Gasteiger partial charge in [0.1, 0.15) is 0 Å². The molecule has 1 amide bonds. The fraction of sp³-hybridized carbons (Fsp3) is 0.188. The maximum Gasteiger partial charge on any atom is 0.270 e. The van der Waals surface area contributed by atoms with Crippen LogP contribution in [0.4, 0.5) is 5.69 Å². The molecular formula is C16H15ClN2O3. The number of likely N-dealkylation sites (N-methyl/N-ethyl adjacent to an activating group) is 1. The number of fused-ring (bicyclic) bond motifs is 1. The van der Waals surface area contributed by atoms with E-state index in [0.29, 0.717) is 21.8 Å². The predicted molar refractivity (Wildman–Crippen MR) is 83.4 cm³/mol. The van der Waals surface area contributed by atoms with Crippen LogP contribution in [-0.4, -0.2) is 29.4 Å². The van der Waals surface area contributed by atoms with Crippen LogP contribution in [-0.2, 0) is 10.5 Å². The summed E-state index contributed by atoms with van der Waals surface area (Å²) in [6.45, 7) is 0. The van der Waals surface area contributed by atoms with Crippen molar-refractivity contribution in [3.63, 3.8) is 0 Å². The molecule has 0 radical (unpaired) electrons. The number of amides is 1. The summed E-state index contributed by atoms with van der Waals surface area (Å²) in [6, 6.07) is 13.6. The van der Waals surface area contributed by atoms with Crippen LogP contribution >= 0.6 is 11.6 Å². The molecule has 1 heterocycles. The van der Waals surface area contributed by atoms with Crippen molar-refractivity contribution in [1.82, 2.24) is 5.32 Å². The van der Waals surface area contributed by atoms with Gasteiger partial charge in [0, 0.05) is 23.2 Å². The largest absolute Gasteiger partial charge is 0.370 e. The summed E-state index contributed by atoms with van der Waals surface area (Å²) in [5, 5.41) is 24.3. The first-order valence-corrected chi connectivity index (χ1v) is 7.12. The fourth-order valence-electron chi connectivity index (χ4n) is 2.65. The van der Waals surface area contributed by atoms with Gasteiger partial charge in [0.05, 0.1) is 5.69 Å². The average molecular weight is 319 g/mol. The van der Waals surface area contributed by atoms with E-state index in [4.69, 9.17) is 11.6 Å². The third-order valence-corrected chi connectivity index (χ3v) is 4.05. The van der Waals surface area contributed by atoms with Crippen molar-refractivity contribution in [3.05, 3.63) is 64.7 Å². The molecule has 0 bridgehead atoms. The van der Waals surface area contributed by atoms with Gasteiger partial charge in [0.2, 0.25) is 0 Å². The molecule has 0 aliphatic carbocycles. The van der Waals surface area contributed by atoms with Gasteiger partial charge in [-0.05, 0) is 18.2 Å².